The molecule has 1 amide bonds. The van der Waals surface area contributed by atoms with E-state index in [-0.39, 0.29) is 17.2 Å². The molecule has 7 nitrogen and oxygen atoms in total. The van der Waals surface area contributed by atoms with Gasteiger partial charge in [-0.3, -0.25) is 19.8 Å². The number of alkyl halides is 3. The molecule has 1 saturated heterocycles. The van der Waals surface area contributed by atoms with E-state index in [1.807, 2.05) is 11.3 Å². The van der Waals surface area contributed by atoms with E-state index >= 15 is 0 Å². The van der Waals surface area contributed by atoms with Crippen LogP contribution >= 0.6 is 0 Å². The number of pyridine rings is 1. The van der Waals surface area contributed by atoms with Crippen molar-refractivity contribution in [1.29, 1.82) is 5.26 Å². The molecule has 0 spiro atoms. The number of rotatable bonds is 2. The minimum atomic E-state index is -4.58. The Morgan fingerprint density at radius 3 is 2.93 bits per heavy atom. The van der Waals surface area contributed by atoms with Gasteiger partial charge in [0.05, 0.1) is 23.1 Å². The maximum atomic E-state index is 13.2. The van der Waals surface area contributed by atoms with Crippen LogP contribution in [0.5, 0.6) is 0 Å². The van der Waals surface area contributed by atoms with Gasteiger partial charge >= 0.3 is 6.18 Å². The van der Waals surface area contributed by atoms with Crippen molar-refractivity contribution in [1.82, 2.24) is 20.1 Å². The lowest BCUT2D eigenvalue weighted by Crippen LogP contribution is -2.43. The average molecular weight is 376 g/mol. The van der Waals surface area contributed by atoms with Crippen molar-refractivity contribution in [3.8, 4) is 17.5 Å². The zero-order chi connectivity index (χ0) is 19.2. The third-order valence-corrected chi connectivity index (χ3v) is 5.02. The highest BCUT2D eigenvalue weighted by atomic mass is 19.4. The molecule has 2 aliphatic heterocycles. The Balaban J connectivity index is 1.71. The number of H-pyrrole nitrogens is 1. The van der Waals surface area contributed by atoms with Gasteiger partial charge in [-0.1, -0.05) is 0 Å². The van der Waals surface area contributed by atoms with Gasteiger partial charge in [-0.2, -0.15) is 23.5 Å². The lowest BCUT2D eigenvalue weighted by Gasteiger charge is -2.24. The van der Waals surface area contributed by atoms with E-state index in [9.17, 15) is 23.2 Å². The predicted molar refractivity (Wildman–Crippen MR) is 88.2 cm³/mol. The van der Waals surface area contributed by atoms with Crippen LogP contribution in [0.1, 0.15) is 24.1 Å². The number of nitriles is 1. The number of likely N-dealkylation sites (tertiary alicyclic amines) is 1. The van der Waals surface area contributed by atoms with Crippen LogP contribution in [0, 0.1) is 11.5 Å². The minimum absolute atomic E-state index is 0.131. The normalized spacial score (nSPS) is 19.3. The molecular formula is C17H15F3N6O. The standard InChI is InChI=1S/C17H15F3N6O/c18-17(19,20)15-11(8-23-24-15)14-10-4-7-26(12(10)3-5-22-14)16(27)13-2-1-6-25(13)9-21/h3,5,8,13H,1-2,4,6-7H2,(H,23,24)/t13-/m0/s1. The fourth-order valence-corrected chi connectivity index (χ4v) is 3.79. The summed E-state index contributed by atoms with van der Waals surface area (Å²) in [6, 6.07) is 1.11. The second-order valence-electron chi connectivity index (χ2n) is 6.50. The molecule has 1 N–H and O–H groups in total. The lowest BCUT2D eigenvalue weighted by atomic mass is 10.0. The summed E-state index contributed by atoms with van der Waals surface area (Å²) in [5, 5.41) is 14.7. The van der Waals surface area contributed by atoms with Crippen molar-refractivity contribution < 1.29 is 18.0 Å². The van der Waals surface area contributed by atoms with Gasteiger partial charge in [-0.05, 0) is 25.3 Å². The van der Waals surface area contributed by atoms with Crippen molar-refractivity contribution in [3.63, 3.8) is 0 Å². The maximum Gasteiger partial charge on any atom is 0.433 e. The van der Waals surface area contributed by atoms with E-state index in [2.05, 4.69) is 10.1 Å². The highest BCUT2D eigenvalue weighted by Gasteiger charge is 2.40. The Morgan fingerprint density at radius 1 is 1.37 bits per heavy atom. The first-order valence-electron chi connectivity index (χ1n) is 8.48. The molecule has 0 aliphatic carbocycles. The molecule has 0 saturated carbocycles. The van der Waals surface area contributed by atoms with Gasteiger partial charge in [-0.25, -0.2) is 0 Å². The van der Waals surface area contributed by atoms with Gasteiger partial charge in [-0.15, -0.1) is 0 Å². The second-order valence-corrected chi connectivity index (χ2v) is 6.50. The van der Waals surface area contributed by atoms with Crippen molar-refractivity contribution >= 4 is 11.6 Å². The van der Waals surface area contributed by atoms with Crippen LogP contribution in [-0.2, 0) is 17.4 Å². The number of aromatic amines is 1. The first-order chi connectivity index (χ1) is 12.9. The highest BCUT2D eigenvalue weighted by Crippen LogP contribution is 2.40. The largest absolute Gasteiger partial charge is 0.433 e. The molecule has 0 radical (unpaired) electrons. The Labute approximate surface area is 152 Å². The third-order valence-electron chi connectivity index (χ3n) is 5.02. The summed E-state index contributed by atoms with van der Waals surface area (Å²) in [4.78, 5) is 20.1. The van der Waals surface area contributed by atoms with Crippen molar-refractivity contribution in [2.75, 3.05) is 18.0 Å². The Morgan fingerprint density at radius 2 is 2.19 bits per heavy atom. The van der Waals surface area contributed by atoms with E-state index < -0.39 is 17.9 Å². The fourth-order valence-electron chi connectivity index (χ4n) is 3.79. The number of hydrogen-bond acceptors (Lipinski definition) is 5. The van der Waals surface area contributed by atoms with E-state index in [0.717, 1.165) is 12.6 Å². The topological polar surface area (TPSA) is 88.9 Å². The van der Waals surface area contributed by atoms with Gasteiger partial charge in [0.15, 0.2) is 6.19 Å². The first-order valence-corrected chi connectivity index (χ1v) is 8.48. The number of carbonyl (C=O) groups excluding carboxylic acids is 1. The Hall–Kier alpha value is -3.09. The highest BCUT2D eigenvalue weighted by molar-refractivity contribution is 6.00. The second kappa shape index (κ2) is 6.26. The zero-order valence-electron chi connectivity index (χ0n) is 14.1. The molecule has 2 aromatic heterocycles. The number of halogens is 3. The summed E-state index contributed by atoms with van der Waals surface area (Å²) >= 11 is 0. The number of nitrogens with zero attached hydrogens (tertiary/aromatic N) is 5. The Bertz CT molecular complexity index is 931. The summed E-state index contributed by atoms with van der Waals surface area (Å²) < 4.78 is 39.6. The number of amides is 1. The molecule has 10 heteroatoms. The maximum absolute atomic E-state index is 13.2. The van der Waals surface area contributed by atoms with Crippen molar-refractivity contribution in [2.45, 2.75) is 31.5 Å². The number of nitrogens with one attached hydrogen (secondary N) is 1. The molecule has 0 bridgehead atoms. The van der Waals surface area contributed by atoms with Crippen LogP contribution in [0.4, 0.5) is 18.9 Å². The third kappa shape index (κ3) is 2.79. The van der Waals surface area contributed by atoms with Gasteiger partial charge in [0.25, 0.3) is 0 Å². The number of aromatic nitrogens is 3. The summed E-state index contributed by atoms with van der Waals surface area (Å²) in [6.45, 7) is 0.890. The van der Waals surface area contributed by atoms with Crippen LogP contribution < -0.4 is 4.90 Å². The molecule has 27 heavy (non-hydrogen) atoms. The van der Waals surface area contributed by atoms with E-state index in [1.165, 1.54) is 11.1 Å². The summed E-state index contributed by atoms with van der Waals surface area (Å²) in [6.07, 6.45) is 1.70. The van der Waals surface area contributed by atoms with Gasteiger partial charge in [0.2, 0.25) is 5.91 Å². The smallest absolute Gasteiger partial charge is 0.310 e. The van der Waals surface area contributed by atoms with Gasteiger partial charge in [0, 0.05) is 24.8 Å². The van der Waals surface area contributed by atoms with E-state index in [4.69, 9.17) is 0 Å². The molecule has 0 unspecified atom stereocenters. The van der Waals surface area contributed by atoms with Gasteiger partial charge in [0.1, 0.15) is 11.7 Å². The SMILES string of the molecule is N#CN1CCC[C@H]1C(=O)N1CCc2c1ccnc2-c1cn[nH]c1C(F)(F)F. The molecule has 1 atom stereocenters. The molecule has 4 heterocycles. The molecule has 140 valence electrons. The number of fused-ring (bicyclic) bond motifs is 1. The summed E-state index contributed by atoms with van der Waals surface area (Å²) in [5.41, 5.74) is 0.212. The van der Waals surface area contributed by atoms with Crippen LogP contribution in [0.2, 0.25) is 0 Å². The monoisotopic (exact) mass is 376 g/mol. The molecular weight excluding hydrogens is 361 g/mol. The van der Waals surface area contributed by atoms with Crippen LogP contribution in [0.3, 0.4) is 0 Å². The minimum Gasteiger partial charge on any atom is -0.310 e. The average Bonchev–Trinajstić information content (AvgIpc) is 3.37. The van der Waals surface area contributed by atoms with Crippen LogP contribution in [-0.4, -0.2) is 45.1 Å². The van der Waals surface area contributed by atoms with Crippen molar-refractivity contribution in [3.05, 3.63) is 29.7 Å². The number of anilines is 1. The van der Waals surface area contributed by atoms with Crippen LogP contribution in [0.15, 0.2) is 18.5 Å². The molecule has 2 aliphatic rings. The zero-order valence-corrected chi connectivity index (χ0v) is 14.1. The summed E-state index contributed by atoms with van der Waals surface area (Å²) in [5.74, 6) is -0.201. The molecule has 4 rings (SSSR count). The predicted octanol–water partition coefficient (Wildman–Crippen LogP) is 2.33. The summed E-state index contributed by atoms with van der Waals surface area (Å²) in [7, 11) is 0. The molecule has 2 aromatic rings. The number of hydrogen-bond donors (Lipinski definition) is 1. The lowest BCUT2D eigenvalue weighted by molar-refractivity contribution is -0.140. The Kier molecular flexibility index (Phi) is 4.02. The van der Waals surface area contributed by atoms with Gasteiger partial charge < -0.3 is 4.90 Å². The van der Waals surface area contributed by atoms with Crippen LogP contribution in [0.25, 0.3) is 11.3 Å². The molecule has 1 fully saturated rings. The number of carbonyl (C=O) groups is 1. The van der Waals surface area contributed by atoms with E-state index in [0.29, 0.717) is 37.2 Å². The fraction of sp³-hybridized carbons (Fsp3) is 0.412. The van der Waals surface area contributed by atoms with Crippen molar-refractivity contribution in [2.24, 2.45) is 0 Å². The first kappa shape index (κ1) is 17.3. The quantitative estimate of drug-likeness (QED) is 0.813. The van der Waals surface area contributed by atoms with E-state index in [1.54, 1.807) is 11.0 Å². The molecule has 0 aromatic carbocycles.